The van der Waals surface area contributed by atoms with Crippen LogP contribution in [0.15, 0.2) is 54.6 Å². The zero-order valence-corrected chi connectivity index (χ0v) is 24.0. The Balaban J connectivity index is 1.43. The molecule has 7 unspecified atom stereocenters. The van der Waals surface area contributed by atoms with E-state index in [4.69, 9.17) is 23.7 Å². The molecule has 10 nitrogen and oxygen atoms in total. The maximum absolute atomic E-state index is 14.5. The second kappa shape index (κ2) is 9.05. The van der Waals surface area contributed by atoms with Gasteiger partial charge in [-0.1, -0.05) is 30.3 Å². The van der Waals surface area contributed by atoms with Crippen LogP contribution in [0.25, 0.3) is 6.08 Å². The largest absolute Gasteiger partial charge is 0.497 e. The predicted octanol–water partition coefficient (Wildman–Crippen LogP) is 2.91. The Morgan fingerprint density at radius 1 is 1.17 bits per heavy atom. The fourth-order valence-corrected chi connectivity index (χ4v) is 8.73. The van der Waals surface area contributed by atoms with Gasteiger partial charge in [0.1, 0.15) is 23.4 Å². The average Bonchev–Trinajstić information content (AvgIpc) is 3.37. The summed E-state index contributed by atoms with van der Waals surface area (Å²) in [6.45, 7) is 2.18. The molecule has 3 saturated heterocycles. The van der Waals surface area contributed by atoms with E-state index >= 15 is 0 Å². The number of esters is 3. The van der Waals surface area contributed by atoms with E-state index in [1.807, 2.05) is 62.5 Å². The van der Waals surface area contributed by atoms with E-state index in [0.717, 1.165) is 11.3 Å². The van der Waals surface area contributed by atoms with Gasteiger partial charge in [0.05, 0.1) is 38.2 Å². The third kappa shape index (κ3) is 3.25. The van der Waals surface area contributed by atoms with Crippen LogP contribution in [0.1, 0.15) is 30.9 Å². The minimum Gasteiger partial charge on any atom is -0.497 e. The third-order valence-corrected chi connectivity index (χ3v) is 10.5. The SMILES string of the molecule is COC(=O)C1(COC(=O)C=Cc2ccccc2)C2CC(N(C)CC23OC3C)C23Nc4ccc(OC)cc4C21CC(=O)O3. The van der Waals surface area contributed by atoms with Crippen LogP contribution in [0.3, 0.4) is 0 Å². The van der Waals surface area contributed by atoms with Crippen molar-refractivity contribution < 1.29 is 38.1 Å². The van der Waals surface area contributed by atoms with Crippen LogP contribution in [0.4, 0.5) is 5.69 Å². The monoisotopic (exact) mass is 574 g/mol. The number of rotatable bonds is 6. The first kappa shape index (κ1) is 27.0. The van der Waals surface area contributed by atoms with Gasteiger partial charge in [0.15, 0.2) is 0 Å². The number of nitrogens with one attached hydrogen (secondary N) is 1. The van der Waals surface area contributed by atoms with Gasteiger partial charge in [-0.15, -0.1) is 0 Å². The van der Waals surface area contributed by atoms with Gasteiger partial charge in [-0.25, -0.2) is 4.79 Å². The smallest absolute Gasteiger partial charge is 0.330 e. The summed E-state index contributed by atoms with van der Waals surface area (Å²) in [5, 5.41) is 3.55. The molecule has 1 aliphatic carbocycles. The molecule has 220 valence electrons. The first-order chi connectivity index (χ1) is 20.2. The topological polar surface area (TPSA) is 116 Å². The van der Waals surface area contributed by atoms with E-state index in [0.29, 0.717) is 24.3 Å². The lowest BCUT2D eigenvalue weighted by Crippen LogP contribution is -2.80. The summed E-state index contributed by atoms with van der Waals surface area (Å²) in [7, 11) is 4.89. The average molecular weight is 575 g/mol. The second-order valence-electron chi connectivity index (χ2n) is 12.1. The van der Waals surface area contributed by atoms with E-state index in [2.05, 4.69) is 10.2 Å². The lowest BCUT2D eigenvalue weighted by Gasteiger charge is -2.64. The standard InChI is InChI=1S/C32H34N2O8/c1-19-30(41-19)17-34(2)25-15-24(30)29(28(37)39-4,18-40-26(35)13-10-20-8-6-5-7-9-20)31-16-27(36)42-32(25,31)33-23-12-11-21(38-3)14-22(23)31/h5-14,19,24-25,33H,15-18H2,1-4H3. The molecule has 0 radical (unpaired) electrons. The summed E-state index contributed by atoms with van der Waals surface area (Å²) >= 11 is 0. The number of likely N-dealkylation sites (tertiary alicyclic amines) is 1. The zero-order valence-electron chi connectivity index (χ0n) is 24.0. The molecule has 7 rings (SSSR count). The van der Waals surface area contributed by atoms with Crippen molar-refractivity contribution in [2.45, 2.75) is 48.7 Å². The summed E-state index contributed by atoms with van der Waals surface area (Å²) in [5.74, 6) is -1.51. The number of ether oxygens (including phenoxy) is 5. The van der Waals surface area contributed by atoms with Crippen LogP contribution >= 0.6 is 0 Å². The van der Waals surface area contributed by atoms with Gasteiger partial charge in [0.2, 0.25) is 5.72 Å². The van der Waals surface area contributed by atoms with E-state index < -0.39 is 46.0 Å². The lowest BCUT2D eigenvalue weighted by atomic mass is 9.42. The number of hydrogen-bond acceptors (Lipinski definition) is 10. The highest BCUT2D eigenvalue weighted by Gasteiger charge is 2.88. The van der Waals surface area contributed by atoms with Crippen LogP contribution in [-0.2, 0) is 38.7 Å². The highest BCUT2D eigenvalue weighted by atomic mass is 16.6. The van der Waals surface area contributed by atoms with Crippen molar-refractivity contribution in [2.24, 2.45) is 11.3 Å². The molecule has 4 heterocycles. The van der Waals surface area contributed by atoms with Gasteiger partial charge >= 0.3 is 17.9 Å². The maximum Gasteiger partial charge on any atom is 0.330 e. The molecule has 1 saturated carbocycles. The Kier molecular flexibility index (Phi) is 5.81. The highest BCUT2D eigenvalue weighted by molar-refractivity contribution is 5.92. The number of anilines is 1. The third-order valence-electron chi connectivity index (χ3n) is 10.5. The second-order valence-corrected chi connectivity index (χ2v) is 12.1. The molecule has 0 aromatic heterocycles. The summed E-state index contributed by atoms with van der Waals surface area (Å²) in [5.41, 5.74) is -2.57. The van der Waals surface area contributed by atoms with E-state index in [1.54, 1.807) is 13.2 Å². The number of piperidine rings is 1. The van der Waals surface area contributed by atoms with Crippen molar-refractivity contribution in [2.75, 3.05) is 39.7 Å². The Labute approximate surface area is 243 Å². The van der Waals surface area contributed by atoms with Crippen molar-refractivity contribution in [3.63, 3.8) is 0 Å². The molecule has 2 bridgehead atoms. The number of epoxide rings is 1. The Hall–Kier alpha value is -3.89. The summed E-state index contributed by atoms with van der Waals surface area (Å²) < 4.78 is 29.9. The summed E-state index contributed by atoms with van der Waals surface area (Å²) in [6.07, 6.45) is 3.20. The fraction of sp³-hybridized carbons (Fsp3) is 0.469. The van der Waals surface area contributed by atoms with Crippen LogP contribution in [0.5, 0.6) is 5.75 Å². The number of likely N-dealkylation sites (N-methyl/N-ethyl adjacent to an activating group) is 1. The lowest BCUT2D eigenvalue weighted by molar-refractivity contribution is -0.226. The number of fused-ring (bicyclic) bond motifs is 4. The van der Waals surface area contributed by atoms with Crippen LogP contribution < -0.4 is 10.1 Å². The predicted molar refractivity (Wildman–Crippen MR) is 150 cm³/mol. The van der Waals surface area contributed by atoms with Crippen molar-refractivity contribution in [1.29, 1.82) is 0 Å². The molecule has 7 atom stereocenters. The number of nitrogens with zero attached hydrogens (tertiary/aromatic N) is 1. The van der Waals surface area contributed by atoms with E-state index in [1.165, 1.54) is 13.2 Å². The molecule has 1 spiro atoms. The van der Waals surface area contributed by atoms with Gasteiger partial charge < -0.3 is 29.0 Å². The minimum atomic E-state index is -1.53. The molecule has 10 heteroatoms. The normalized spacial score (nSPS) is 37.3. The van der Waals surface area contributed by atoms with E-state index in [9.17, 15) is 14.4 Å². The van der Waals surface area contributed by atoms with Crippen molar-refractivity contribution >= 4 is 29.7 Å². The van der Waals surface area contributed by atoms with Crippen LogP contribution in [0, 0.1) is 11.3 Å². The molecule has 5 aliphatic rings. The van der Waals surface area contributed by atoms with Crippen molar-refractivity contribution in [3.8, 4) is 5.75 Å². The number of carbonyl (C=O) groups is 3. The molecular formula is C32H34N2O8. The van der Waals surface area contributed by atoms with E-state index in [-0.39, 0.29) is 25.2 Å². The van der Waals surface area contributed by atoms with Crippen LogP contribution in [0.2, 0.25) is 0 Å². The molecule has 4 fully saturated rings. The van der Waals surface area contributed by atoms with Gasteiger partial charge in [0, 0.05) is 24.2 Å². The van der Waals surface area contributed by atoms with Crippen LogP contribution in [-0.4, -0.2) is 80.7 Å². The Morgan fingerprint density at radius 3 is 2.62 bits per heavy atom. The first-order valence-electron chi connectivity index (χ1n) is 14.2. The fourth-order valence-electron chi connectivity index (χ4n) is 8.73. The molecular weight excluding hydrogens is 540 g/mol. The quantitative estimate of drug-likeness (QED) is 0.239. The maximum atomic E-state index is 14.5. The summed E-state index contributed by atoms with van der Waals surface area (Å²) in [6, 6.07) is 14.7. The number of hydrogen-bond donors (Lipinski definition) is 1. The first-order valence-corrected chi connectivity index (χ1v) is 14.2. The van der Waals surface area contributed by atoms with Crippen molar-refractivity contribution in [3.05, 3.63) is 65.7 Å². The van der Waals surface area contributed by atoms with Crippen molar-refractivity contribution in [1.82, 2.24) is 4.90 Å². The minimum absolute atomic E-state index is 0.113. The number of carbonyl (C=O) groups excluding carboxylic acids is 3. The molecule has 2 aromatic carbocycles. The zero-order chi connectivity index (χ0) is 29.5. The molecule has 42 heavy (non-hydrogen) atoms. The van der Waals surface area contributed by atoms with Gasteiger partial charge in [-0.2, -0.15) is 0 Å². The molecule has 2 aromatic rings. The Morgan fingerprint density at radius 2 is 1.93 bits per heavy atom. The Bertz CT molecular complexity index is 1510. The van der Waals surface area contributed by atoms with Gasteiger partial charge in [-0.3, -0.25) is 14.5 Å². The number of methoxy groups -OCH3 is 2. The van der Waals surface area contributed by atoms with Gasteiger partial charge in [-0.05, 0) is 55.8 Å². The molecule has 0 amide bonds. The summed E-state index contributed by atoms with van der Waals surface area (Å²) in [4.78, 5) is 43.4. The van der Waals surface area contributed by atoms with Gasteiger partial charge in [0.25, 0.3) is 0 Å². The highest BCUT2D eigenvalue weighted by Crippen LogP contribution is 2.75. The number of benzene rings is 2. The molecule has 1 N–H and O–H groups in total. The molecule has 4 aliphatic heterocycles.